The van der Waals surface area contributed by atoms with Crippen molar-refractivity contribution in [3.63, 3.8) is 0 Å². The van der Waals surface area contributed by atoms with E-state index in [1.807, 2.05) is 20.0 Å². The fourth-order valence-electron chi connectivity index (χ4n) is 4.01. The molecule has 5 heteroatoms. The van der Waals surface area contributed by atoms with Crippen molar-refractivity contribution in [2.45, 2.75) is 71.4 Å². The third-order valence-electron chi connectivity index (χ3n) is 6.15. The van der Waals surface area contributed by atoms with Gasteiger partial charge in [-0.1, -0.05) is 38.1 Å². The Bertz CT molecular complexity index is 1020. The Hall–Kier alpha value is -2.69. The molecule has 2 atom stereocenters. The van der Waals surface area contributed by atoms with Crippen LogP contribution >= 0.6 is 0 Å². The first-order chi connectivity index (χ1) is 14.0. The van der Waals surface area contributed by atoms with E-state index in [2.05, 4.69) is 59.6 Å². The summed E-state index contributed by atoms with van der Waals surface area (Å²) < 4.78 is 1.74. The molecule has 2 aromatic heterocycles. The van der Waals surface area contributed by atoms with Crippen LogP contribution in [0.15, 0.2) is 36.5 Å². The largest absolute Gasteiger partial charge is 0.348 e. The van der Waals surface area contributed by atoms with Gasteiger partial charge in [-0.15, -0.1) is 0 Å². The predicted octanol–water partition coefficient (Wildman–Crippen LogP) is 5.01. The molecule has 3 aromatic rings. The molecule has 1 amide bonds. The highest BCUT2D eigenvalue weighted by Crippen LogP contribution is 2.43. The number of fused-ring (bicyclic) bond motifs is 1. The van der Waals surface area contributed by atoms with Gasteiger partial charge < -0.3 is 5.32 Å². The van der Waals surface area contributed by atoms with Crippen LogP contribution < -0.4 is 5.32 Å². The smallest absolute Gasteiger partial charge is 0.242 e. The first-order valence-electron chi connectivity index (χ1n) is 10.7. The number of carbonyl (C=O) groups is 1. The van der Waals surface area contributed by atoms with Crippen molar-refractivity contribution in [2.24, 2.45) is 0 Å². The van der Waals surface area contributed by atoms with Gasteiger partial charge >= 0.3 is 0 Å². The lowest BCUT2D eigenvalue weighted by molar-refractivity contribution is -0.122. The number of aryl methyl sites for hydroxylation is 1. The molecular formula is C24H30N4O. The van der Waals surface area contributed by atoms with Crippen LogP contribution in [0, 0.1) is 6.92 Å². The van der Waals surface area contributed by atoms with Crippen LogP contribution in [-0.2, 0) is 11.3 Å². The number of rotatable bonds is 7. The summed E-state index contributed by atoms with van der Waals surface area (Å²) in [6, 6.07) is 10.6. The maximum Gasteiger partial charge on any atom is 0.242 e. The molecule has 2 heterocycles. The Kier molecular flexibility index (Phi) is 5.39. The van der Waals surface area contributed by atoms with Crippen molar-refractivity contribution in [2.75, 3.05) is 0 Å². The minimum atomic E-state index is -0.0496. The van der Waals surface area contributed by atoms with Gasteiger partial charge in [0.25, 0.3) is 0 Å². The molecule has 0 saturated heterocycles. The minimum absolute atomic E-state index is 0.0495. The molecule has 1 N–H and O–H groups in total. The maximum absolute atomic E-state index is 12.7. The third kappa shape index (κ3) is 4.04. The van der Waals surface area contributed by atoms with E-state index in [-0.39, 0.29) is 18.5 Å². The number of nitrogens with one attached hydrogen (secondary N) is 1. The number of hydrogen-bond acceptors (Lipinski definition) is 3. The normalized spacial score (nSPS) is 16.0. The summed E-state index contributed by atoms with van der Waals surface area (Å²) in [6.45, 7) is 8.64. The van der Waals surface area contributed by atoms with Gasteiger partial charge in [0, 0.05) is 11.6 Å². The summed E-state index contributed by atoms with van der Waals surface area (Å²) in [5.74, 6) is 1.13. The Labute approximate surface area is 172 Å². The average molecular weight is 391 g/mol. The molecule has 0 radical (unpaired) electrons. The van der Waals surface area contributed by atoms with Gasteiger partial charge in [0.2, 0.25) is 5.91 Å². The van der Waals surface area contributed by atoms with Crippen molar-refractivity contribution in [3.8, 4) is 0 Å². The number of hydrogen-bond donors (Lipinski definition) is 1. The van der Waals surface area contributed by atoms with Gasteiger partial charge in [-0.05, 0) is 67.7 Å². The van der Waals surface area contributed by atoms with Crippen LogP contribution in [0.5, 0.6) is 0 Å². The van der Waals surface area contributed by atoms with E-state index in [1.54, 1.807) is 4.68 Å². The highest BCUT2D eigenvalue weighted by atomic mass is 16.2. The van der Waals surface area contributed by atoms with Crippen molar-refractivity contribution in [3.05, 3.63) is 58.9 Å². The lowest BCUT2D eigenvalue weighted by Crippen LogP contribution is -2.30. The van der Waals surface area contributed by atoms with Crippen LogP contribution in [0.4, 0.5) is 0 Å². The summed E-state index contributed by atoms with van der Waals surface area (Å²) in [7, 11) is 0. The van der Waals surface area contributed by atoms with E-state index in [9.17, 15) is 4.79 Å². The molecule has 1 aromatic carbocycles. The van der Waals surface area contributed by atoms with Crippen LogP contribution in [-0.4, -0.2) is 20.7 Å². The second-order valence-corrected chi connectivity index (χ2v) is 8.38. The fraction of sp³-hybridized carbons (Fsp3) is 0.458. The van der Waals surface area contributed by atoms with Crippen LogP contribution in [0.3, 0.4) is 0 Å². The molecule has 5 nitrogen and oxygen atoms in total. The van der Waals surface area contributed by atoms with E-state index in [1.165, 1.54) is 24.0 Å². The van der Waals surface area contributed by atoms with Crippen LogP contribution in [0.2, 0.25) is 0 Å². The topological polar surface area (TPSA) is 59.8 Å². The van der Waals surface area contributed by atoms with Gasteiger partial charge in [0.1, 0.15) is 6.54 Å². The van der Waals surface area contributed by atoms with E-state index in [0.717, 1.165) is 28.7 Å². The van der Waals surface area contributed by atoms with Crippen molar-refractivity contribution in [1.82, 2.24) is 20.1 Å². The molecule has 1 aliphatic carbocycles. The predicted molar refractivity (Wildman–Crippen MR) is 116 cm³/mol. The van der Waals surface area contributed by atoms with Gasteiger partial charge in [0.15, 0.2) is 5.65 Å². The summed E-state index contributed by atoms with van der Waals surface area (Å²) in [5.41, 5.74) is 5.55. The molecule has 0 aliphatic heterocycles. The standard InChI is InChI=1S/C24H30N4O/c1-5-15(2)18-6-8-19(9-7-18)16(3)26-22(29)14-28-24-23(17(4)27-28)21(12-13-25-24)20-10-11-20/h6-9,12-13,15-16,20H,5,10-11,14H2,1-4H3,(H,26,29). The van der Waals surface area contributed by atoms with E-state index in [4.69, 9.17) is 0 Å². The van der Waals surface area contributed by atoms with Crippen LogP contribution in [0.25, 0.3) is 11.0 Å². The van der Waals surface area contributed by atoms with Gasteiger partial charge in [-0.25, -0.2) is 9.67 Å². The average Bonchev–Trinajstić information content (AvgIpc) is 3.52. The SMILES string of the molecule is CCC(C)c1ccc(C(C)NC(=O)Cn2nc(C)c3c(C4CC4)ccnc32)cc1. The lowest BCUT2D eigenvalue weighted by atomic mass is 9.96. The minimum Gasteiger partial charge on any atom is -0.348 e. The number of aromatic nitrogens is 3. The second kappa shape index (κ2) is 7.97. The molecular weight excluding hydrogens is 360 g/mol. The number of benzene rings is 1. The number of pyridine rings is 1. The molecule has 0 bridgehead atoms. The molecule has 4 rings (SSSR count). The maximum atomic E-state index is 12.7. The summed E-state index contributed by atoms with van der Waals surface area (Å²) in [6.07, 6.45) is 5.43. The zero-order valence-electron chi connectivity index (χ0n) is 17.8. The molecule has 1 aliphatic rings. The van der Waals surface area contributed by atoms with Gasteiger partial charge in [-0.3, -0.25) is 4.79 Å². The fourth-order valence-corrected chi connectivity index (χ4v) is 4.01. The Morgan fingerprint density at radius 1 is 1.17 bits per heavy atom. The molecule has 2 unspecified atom stereocenters. The molecule has 29 heavy (non-hydrogen) atoms. The van der Waals surface area contributed by atoms with E-state index < -0.39 is 0 Å². The summed E-state index contributed by atoms with van der Waals surface area (Å²) >= 11 is 0. The zero-order valence-corrected chi connectivity index (χ0v) is 17.8. The van der Waals surface area contributed by atoms with Crippen molar-refractivity contribution < 1.29 is 4.79 Å². The van der Waals surface area contributed by atoms with Gasteiger partial charge in [-0.2, -0.15) is 5.10 Å². The quantitative estimate of drug-likeness (QED) is 0.617. The highest BCUT2D eigenvalue weighted by Gasteiger charge is 2.27. The summed E-state index contributed by atoms with van der Waals surface area (Å²) in [4.78, 5) is 17.2. The first-order valence-corrected chi connectivity index (χ1v) is 10.7. The van der Waals surface area contributed by atoms with Gasteiger partial charge in [0.05, 0.1) is 11.7 Å². The monoisotopic (exact) mass is 390 g/mol. The Morgan fingerprint density at radius 2 is 1.86 bits per heavy atom. The molecule has 152 valence electrons. The Balaban J connectivity index is 1.46. The second-order valence-electron chi connectivity index (χ2n) is 8.38. The molecule has 1 fully saturated rings. The number of nitrogens with zero attached hydrogens (tertiary/aromatic N) is 3. The van der Waals surface area contributed by atoms with Crippen LogP contribution in [0.1, 0.15) is 80.3 Å². The van der Waals surface area contributed by atoms with Crippen molar-refractivity contribution >= 4 is 16.9 Å². The number of amides is 1. The first kappa shape index (κ1) is 19.6. The third-order valence-corrected chi connectivity index (χ3v) is 6.15. The number of carbonyl (C=O) groups excluding carboxylic acids is 1. The zero-order chi connectivity index (χ0) is 20.5. The summed E-state index contributed by atoms with van der Waals surface area (Å²) in [5, 5.41) is 8.84. The molecule has 1 saturated carbocycles. The molecule has 0 spiro atoms. The van der Waals surface area contributed by atoms with E-state index >= 15 is 0 Å². The highest BCUT2D eigenvalue weighted by molar-refractivity contribution is 5.85. The van der Waals surface area contributed by atoms with E-state index in [0.29, 0.717) is 11.8 Å². The lowest BCUT2D eigenvalue weighted by Gasteiger charge is -2.16. The van der Waals surface area contributed by atoms with Crippen molar-refractivity contribution in [1.29, 1.82) is 0 Å². The Morgan fingerprint density at radius 3 is 2.52 bits per heavy atom.